The molecular formula is C16H20N4O3. The maximum atomic E-state index is 12.1. The lowest BCUT2D eigenvalue weighted by atomic mass is 10.2. The Balaban J connectivity index is 1.71. The number of nitrogens with one attached hydrogen (secondary N) is 2. The number of benzene rings is 1. The lowest BCUT2D eigenvalue weighted by molar-refractivity contribution is 0.193. The van der Waals surface area contributed by atoms with Gasteiger partial charge in [0.05, 0.1) is 6.04 Å². The van der Waals surface area contributed by atoms with Gasteiger partial charge in [0.25, 0.3) is 0 Å². The van der Waals surface area contributed by atoms with Gasteiger partial charge in [0.2, 0.25) is 0 Å². The maximum absolute atomic E-state index is 12.1. The van der Waals surface area contributed by atoms with Gasteiger partial charge in [0.15, 0.2) is 0 Å². The highest BCUT2D eigenvalue weighted by Crippen LogP contribution is 2.26. The van der Waals surface area contributed by atoms with Crippen LogP contribution in [0.2, 0.25) is 0 Å². The minimum absolute atomic E-state index is 0.114. The topological polar surface area (TPSA) is 77.8 Å². The first-order valence-corrected chi connectivity index (χ1v) is 7.54. The van der Waals surface area contributed by atoms with Gasteiger partial charge < -0.3 is 15.1 Å². The number of carbonyl (C=O) groups is 2. The fraction of sp³-hybridized carbons (Fsp3) is 0.375. The molecule has 0 saturated carbocycles. The molecule has 4 amide bonds. The minimum atomic E-state index is -0.386. The third-order valence-corrected chi connectivity index (χ3v) is 3.94. The molecule has 0 bridgehead atoms. The highest BCUT2D eigenvalue weighted by Gasteiger charge is 2.27. The summed E-state index contributed by atoms with van der Waals surface area (Å²) in [5, 5.41) is 6.44. The van der Waals surface area contributed by atoms with Crippen LogP contribution >= 0.6 is 0 Å². The van der Waals surface area contributed by atoms with Crippen LogP contribution in [-0.4, -0.2) is 55.6 Å². The van der Waals surface area contributed by atoms with E-state index in [1.165, 1.54) is 4.90 Å². The van der Waals surface area contributed by atoms with Crippen molar-refractivity contribution >= 4 is 23.0 Å². The molecule has 3 rings (SSSR count). The predicted octanol–water partition coefficient (Wildman–Crippen LogP) is 1.77. The Morgan fingerprint density at radius 1 is 1.43 bits per heavy atom. The number of para-hydroxylation sites is 1. The number of hydrogen-bond donors (Lipinski definition) is 2. The van der Waals surface area contributed by atoms with Crippen LogP contribution in [0.25, 0.3) is 11.0 Å². The Morgan fingerprint density at radius 2 is 2.22 bits per heavy atom. The van der Waals surface area contributed by atoms with Crippen molar-refractivity contribution in [3.05, 3.63) is 36.1 Å². The van der Waals surface area contributed by atoms with E-state index in [-0.39, 0.29) is 18.1 Å². The number of rotatable bonds is 4. The Kier molecular flexibility index (Phi) is 4.20. The number of urea groups is 2. The molecule has 1 atom stereocenters. The molecule has 23 heavy (non-hydrogen) atoms. The van der Waals surface area contributed by atoms with Crippen molar-refractivity contribution in [2.75, 3.05) is 33.7 Å². The molecule has 0 aliphatic carbocycles. The summed E-state index contributed by atoms with van der Waals surface area (Å²) in [6, 6.07) is 8.91. The van der Waals surface area contributed by atoms with E-state index in [0.717, 1.165) is 16.7 Å². The van der Waals surface area contributed by atoms with Crippen LogP contribution < -0.4 is 10.6 Å². The zero-order chi connectivity index (χ0) is 16.4. The quantitative estimate of drug-likeness (QED) is 0.901. The third-order valence-electron chi connectivity index (χ3n) is 3.94. The largest absolute Gasteiger partial charge is 0.459 e. The summed E-state index contributed by atoms with van der Waals surface area (Å²) in [5.74, 6) is 0.780. The van der Waals surface area contributed by atoms with E-state index in [4.69, 9.17) is 4.42 Å². The van der Waals surface area contributed by atoms with Crippen LogP contribution in [0.4, 0.5) is 9.59 Å². The summed E-state index contributed by atoms with van der Waals surface area (Å²) < 4.78 is 5.88. The molecule has 1 aliphatic heterocycles. The van der Waals surface area contributed by atoms with Crippen molar-refractivity contribution in [1.82, 2.24) is 20.4 Å². The van der Waals surface area contributed by atoms with Gasteiger partial charge in [-0.2, -0.15) is 0 Å². The van der Waals surface area contributed by atoms with Gasteiger partial charge in [-0.1, -0.05) is 18.2 Å². The van der Waals surface area contributed by atoms with Crippen molar-refractivity contribution in [2.24, 2.45) is 0 Å². The molecule has 0 radical (unpaired) electrons. The van der Waals surface area contributed by atoms with Gasteiger partial charge in [0, 0.05) is 25.0 Å². The molecular weight excluding hydrogens is 296 g/mol. The summed E-state index contributed by atoms with van der Waals surface area (Å²) in [7, 11) is 3.85. The van der Waals surface area contributed by atoms with Crippen LogP contribution in [0.3, 0.4) is 0 Å². The van der Waals surface area contributed by atoms with Crippen molar-refractivity contribution in [3.8, 4) is 0 Å². The van der Waals surface area contributed by atoms with E-state index >= 15 is 0 Å². The number of likely N-dealkylation sites (N-methyl/N-ethyl adjacent to an activating group) is 1. The average Bonchev–Trinajstić information content (AvgIpc) is 3.12. The van der Waals surface area contributed by atoms with E-state index in [1.807, 2.05) is 49.3 Å². The van der Waals surface area contributed by atoms with Gasteiger partial charge in [-0.15, -0.1) is 0 Å². The van der Waals surface area contributed by atoms with Crippen LogP contribution in [0.5, 0.6) is 0 Å². The zero-order valence-corrected chi connectivity index (χ0v) is 13.2. The number of nitrogens with zero attached hydrogens (tertiary/aromatic N) is 2. The molecule has 0 spiro atoms. The molecule has 1 aromatic carbocycles. The smallest absolute Gasteiger partial charge is 0.325 e. The lowest BCUT2D eigenvalue weighted by Crippen LogP contribution is -2.44. The third kappa shape index (κ3) is 3.14. The minimum Gasteiger partial charge on any atom is -0.459 e. The zero-order valence-electron chi connectivity index (χ0n) is 13.2. The molecule has 2 aromatic rings. The van der Waals surface area contributed by atoms with E-state index in [0.29, 0.717) is 19.6 Å². The van der Waals surface area contributed by atoms with Crippen LogP contribution in [0, 0.1) is 0 Å². The van der Waals surface area contributed by atoms with Gasteiger partial charge in [-0.05, 0) is 26.2 Å². The molecule has 0 unspecified atom stereocenters. The van der Waals surface area contributed by atoms with Crippen LogP contribution in [-0.2, 0) is 0 Å². The van der Waals surface area contributed by atoms with Gasteiger partial charge in [0.1, 0.15) is 11.3 Å². The normalized spacial score (nSPS) is 16.0. The van der Waals surface area contributed by atoms with E-state index in [9.17, 15) is 9.59 Å². The molecule has 1 aromatic heterocycles. The number of amides is 4. The fourth-order valence-corrected chi connectivity index (χ4v) is 2.65. The number of imide groups is 1. The van der Waals surface area contributed by atoms with E-state index < -0.39 is 0 Å². The SMILES string of the molecule is CN(C)[C@@H](CNC(=O)N1CCNC1=O)c1cc2ccccc2o1. The van der Waals surface area contributed by atoms with E-state index in [2.05, 4.69) is 10.6 Å². The fourth-order valence-electron chi connectivity index (χ4n) is 2.65. The Hall–Kier alpha value is -2.54. The van der Waals surface area contributed by atoms with Crippen molar-refractivity contribution in [3.63, 3.8) is 0 Å². The second kappa shape index (κ2) is 6.29. The lowest BCUT2D eigenvalue weighted by Gasteiger charge is -2.23. The second-order valence-corrected chi connectivity index (χ2v) is 5.74. The summed E-state index contributed by atoms with van der Waals surface area (Å²) in [5.41, 5.74) is 0.819. The van der Waals surface area contributed by atoms with Gasteiger partial charge >= 0.3 is 12.1 Å². The monoisotopic (exact) mass is 316 g/mol. The molecule has 1 aliphatic rings. The van der Waals surface area contributed by atoms with Crippen LogP contribution in [0.1, 0.15) is 11.8 Å². The molecule has 7 nitrogen and oxygen atoms in total. The summed E-state index contributed by atoms with van der Waals surface area (Å²) in [6.45, 7) is 1.24. The van der Waals surface area contributed by atoms with Gasteiger partial charge in [-0.25, -0.2) is 14.5 Å². The number of hydrogen-bond acceptors (Lipinski definition) is 4. The Bertz CT molecular complexity index is 692. The van der Waals surface area contributed by atoms with Crippen LogP contribution in [0.15, 0.2) is 34.7 Å². The summed E-state index contributed by atoms with van der Waals surface area (Å²) in [6.07, 6.45) is 0. The first-order valence-electron chi connectivity index (χ1n) is 7.54. The first-order chi connectivity index (χ1) is 11.1. The maximum Gasteiger partial charge on any atom is 0.325 e. The van der Waals surface area contributed by atoms with Crippen molar-refractivity contribution < 1.29 is 14.0 Å². The number of fused-ring (bicyclic) bond motifs is 1. The van der Waals surface area contributed by atoms with Crippen molar-refractivity contribution in [1.29, 1.82) is 0 Å². The van der Waals surface area contributed by atoms with E-state index in [1.54, 1.807) is 0 Å². The molecule has 1 fully saturated rings. The highest BCUT2D eigenvalue weighted by molar-refractivity contribution is 5.94. The predicted molar refractivity (Wildman–Crippen MR) is 86.1 cm³/mol. The molecule has 2 N–H and O–H groups in total. The second-order valence-electron chi connectivity index (χ2n) is 5.74. The number of carbonyl (C=O) groups excluding carboxylic acids is 2. The van der Waals surface area contributed by atoms with Crippen molar-refractivity contribution in [2.45, 2.75) is 6.04 Å². The average molecular weight is 316 g/mol. The molecule has 1 saturated heterocycles. The standard InChI is InChI=1S/C16H20N4O3/c1-19(2)12(10-18-16(22)20-8-7-17-15(20)21)14-9-11-5-3-4-6-13(11)23-14/h3-6,9,12H,7-8,10H2,1-2H3,(H,17,21)(H,18,22)/t12-/m0/s1. The summed E-state index contributed by atoms with van der Waals surface area (Å²) >= 11 is 0. The first kappa shape index (κ1) is 15.4. The summed E-state index contributed by atoms with van der Waals surface area (Å²) in [4.78, 5) is 26.7. The molecule has 122 valence electrons. The Morgan fingerprint density at radius 3 is 2.87 bits per heavy atom. The number of furan rings is 1. The highest BCUT2D eigenvalue weighted by atomic mass is 16.3. The van der Waals surface area contributed by atoms with Gasteiger partial charge in [-0.3, -0.25) is 4.90 Å². The molecule has 2 heterocycles. The Labute approximate surface area is 134 Å². The molecule has 7 heteroatoms.